The van der Waals surface area contributed by atoms with Gasteiger partial charge in [-0.1, -0.05) is 11.6 Å². The second-order valence-electron chi connectivity index (χ2n) is 3.42. The van der Waals surface area contributed by atoms with Gasteiger partial charge >= 0.3 is 5.97 Å². The van der Waals surface area contributed by atoms with Crippen LogP contribution in [0.15, 0.2) is 12.1 Å². The van der Waals surface area contributed by atoms with Crippen LogP contribution in [-0.4, -0.2) is 30.1 Å². The Kier molecular flexibility index (Phi) is 4.97. The van der Waals surface area contributed by atoms with Crippen molar-refractivity contribution in [3.8, 4) is 11.5 Å². The molecule has 6 heteroatoms. The molecule has 0 bridgehead atoms. The number of Topliss-reactive ketones (excluding diaryl/α,β-unsaturated/α-hetero) is 1. The Labute approximate surface area is 109 Å². The third kappa shape index (κ3) is 3.37. The number of carbonyl (C=O) groups excluding carboxylic acids is 2. The molecule has 0 heterocycles. The first kappa shape index (κ1) is 14.3. The fourth-order valence-corrected chi connectivity index (χ4v) is 1.50. The molecular formula is C12H13ClO5. The lowest BCUT2D eigenvalue weighted by molar-refractivity contribution is -0.145. The zero-order valence-electron chi connectivity index (χ0n) is 10.0. The maximum absolute atomic E-state index is 11.1. The van der Waals surface area contributed by atoms with Gasteiger partial charge in [0.25, 0.3) is 0 Å². The van der Waals surface area contributed by atoms with E-state index in [-0.39, 0.29) is 41.1 Å². The Hall–Kier alpha value is -1.75. The number of aromatic hydroxyl groups is 1. The van der Waals surface area contributed by atoms with Gasteiger partial charge in [-0.05, 0) is 26.0 Å². The van der Waals surface area contributed by atoms with Crippen molar-refractivity contribution < 1.29 is 24.2 Å². The van der Waals surface area contributed by atoms with E-state index in [1.807, 2.05) is 0 Å². The van der Waals surface area contributed by atoms with Crippen LogP contribution in [-0.2, 0) is 9.53 Å². The summed E-state index contributed by atoms with van der Waals surface area (Å²) in [5.41, 5.74) is 0.100. The molecule has 0 atom stereocenters. The molecule has 0 aliphatic heterocycles. The number of esters is 1. The highest BCUT2D eigenvalue weighted by molar-refractivity contribution is 6.34. The first-order chi connectivity index (χ1) is 8.47. The monoisotopic (exact) mass is 272 g/mol. The number of hydrogen-bond acceptors (Lipinski definition) is 5. The summed E-state index contributed by atoms with van der Waals surface area (Å²) < 4.78 is 9.76. The van der Waals surface area contributed by atoms with Gasteiger partial charge in [-0.25, -0.2) is 4.79 Å². The molecule has 0 fully saturated rings. The fourth-order valence-electron chi connectivity index (χ4n) is 1.28. The predicted molar refractivity (Wildman–Crippen MR) is 65.2 cm³/mol. The normalized spacial score (nSPS) is 9.94. The van der Waals surface area contributed by atoms with Crippen LogP contribution in [0.25, 0.3) is 0 Å². The lowest BCUT2D eigenvalue weighted by Gasteiger charge is -2.10. The minimum Gasteiger partial charge on any atom is -0.505 e. The SMILES string of the molecule is CCOC(=O)COc1ccc(C(C)=O)c(O)c1Cl. The van der Waals surface area contributed by atoms with Gasteiger partial charge in [-0.15, -0.1) is 0 Å². The summed E-state index contributed by atoms with van der Waals surface area (Å²) in [6.45, 7) is 2.93. The van der Waals surface area contributed by atoms with Gasteiger partial charge in [0.2, 0.25) is 0 Å². The first-order valence-corrected chi connectivity index (χ1v) is 5.66. The molecule has 1 aromatic rings. The van der Waals surface area contributed by atoms with Gasteiger partial charge in [0.1, 0.15) is 16.5 Å². The van der Waals surface area contributed by atoms with Crippen LogP contribution in [0.4, 0.5) is 0 Å². The van der Waals surface area contributed by atoms with Gasteiger partial charge in [0.15, 0.2) is 12.4 Å². The quantitative estimate of drug-likeness (QED) is 0.657. The summed E-state index contributed by atoms with van der Waals surface area (Å²) in [5.74, 6) is -1.09. The molecule has 0 radical (unpaired) electrons. The number of phenolic OH excluding ortho intramolecular Hbond substituents is 1. The third-order valence-corrected chi connectivity index (χ3v) is 2.48. The average Bonchev–Trinajstić information content (AvgIpc) is 2.31. The molecule has 0 aliphatic carbocycles. The highest BCUT2D eigenvalue weighted by Crippen LogP contribution is 2.36. The molecule has 0 amide bonds. The molecule has 0 saturated heterocycles. The molecule has 1 rings (SSSR count). The molecule has 0 spiro atoms. The van der Waals surface area contributed by atoms with Crippen LogP contribution in [0.5, 0.6) is 11.5 Å². The van der Waals surface area contributed by atoms with Gasteiger partial charge < -0.3 is 14.6 Å². The highest BCUT2D eigenvalue weighted by Gasteiger charge is 2.15. The lowest BCUT2D eigenvalue weighted by Crippen LogP contribution is -2.14. The molecule has 5 nitrogen and oxygen atoms in total. The number of rotatable bonds is 5. The van der Waals surface area contributed by atoms with Gasteiger partial charge in [-0.2, -0.15) is 0 Å². The summed E-state index contributed by atoms with van der Waals surface area (Å²) >= 11 is 5.82. The maximum atomic E-state index is 11.1. The summed E-state index contributed by atoms with van der Waals surface area (Å²) in [5, 5.41) is 9.56. The molecule has 0 aliphatic rings. The molecule has 1 aromatic carbocycles. The zero-order chi connectivity index (χ0) is 13.7. The van der Waals surface area contributed by atoms with E-state index in [1.54, 1.807) is 6.92 Å². The molecule has 1 N–H and O–H groups in total. The maximum Gasteiger partial charge on any atom is 0.344 e. The van der Waals surface area contributed by atoms with Crippen molar-refractivity contribution in [2.24, 2.45) is 0 Å². The third-order valence-electron chi connectivity index (χ3n) is 2.11. The topological polar surface area (TPSA) is 72.8 Å². The molecule has 0 saturated carbocycles. The van der Waals surface area contributed by atoms with Crippen LogP contribution in [0, 0.1) is 0 Å². The van der Waals surface area contributed by atoms with Crippen LogP contribution < -0.4 is 4.74 Å². The molecule has 18 heavy (non-hydrogen) atoms. The molecular weight excluding hydrogens is 260 g/mol. The summed E-state index contributed by atoms with van der Waals surface area (Å²) in [6, 6.07) is 2.79. The second-order valence-corrected chi connectivity index (χ2v) is 3.80. The minimum atomic E-state index is -0.538. The zero-order valence-corrected chi connectivity index (χ0v) is 10.8. The summed E-state index contributed by atoms with van der Waals surface area (Å²) in [7, 11) is 0. The average molecular weight is 273 g/mol. The van der Waals surface area contributed by atoms with Crippen LogP contribution in [0.2, 0.25) is 5.02 Å². The number of phenols is 1. The number of ether oxygens (including phenoxy) is 2. The van der Waals surface area contributed by atoms with Gasteiger partial charge in [0.05, 0.1) is 12.2 Å². The van der Waals surface area contributed by atoms with E-state index in [4.69, 9.17) is 16.3 Å². The summed E-state index contributed by atoms with van der Waals surface area (Å²) in [4.78, 5) is 22.2. The van der Waals surface area contributed by atoms with E-state index in [0.717, 1.165) is 0 Å². The van der Waals surface area contributed by atoms with E-state index >= 15 is 0 Å². The fraction of sp³-hybridized carbons (Fsp3) is 0.333. The van der Waals surface area contributed by atoms with Crippen molar-refractivity contribution >= 4 is 23.4 Å². The van der Waals surface area contributed by atoms with Crippen molar-refractivity contribution in [1.82, 2.24) is 0 Å². The van der Waals surface area contributed by atoms with Crippen molar-refractivity contribution in [2.45, 2.75) is 13.8 Å². The second kappa shape index (κ2) is 6.26. The lowest BCUT2D eigenvalue weighted by atomic mass is 10.1. The number of carbonyl (C=O) groups is 2. The van der Waals surface area contributed by atoms with Crippen LogP contribution in [0.1, 0.15) is 24.2 Å². The minimum absolute atomic E-state index is 0.100. The number of halogens is 1. The van der Waals surface area contributed by atoms with E-state index in [1.165, 1.54) is 19.1 Å². The Bertz CT molecular complexity index is 470. The van der Waals surface area contributed by atoms with Gasteiger partial charge in [-0.3, -0.25) is 4.79 Å². The first-order valence-electron chi connectivity index (χ1n) is 5.28. The highest BCUT2D eigenvalue weighted by atomic mass is 35.5. The van der Waals surface area contributed by atoms with Crippen molar-refractivity contribution in [3.05, 3.63) is 22.7 Å². The van der Waals surface area contributed by atoms with E-state index < -0.39 is 5.97 Å². The van der Waals surface area contributed by atoms with Crippen molar-refractivity contribution in [2.75, 3.05) is 13.2 Å². The van der Waals surface area contributed by atoms with E-state index in [2.05, 4.69) is 4.74 Å². The largest absolute Gasteiger partial charge is 0.505 e. The van der Waals surface area contributed by atoms with Crippen LogP contribution in [0.3, 0.4) is 0 Å². The molecule has 0 aromatic heterocycles. The number of hydrogen-bond donors (Lipinski definition) is 1. The standard InChI is InChI=1S/C12H13ClO5/c1-3-17-10(15)6-18-9-5-4-8(7(2)14)12(16)11(9)13/h4-5,16H,3,6H2,1-2H3. The van der Waals surface area contributed by atoms with E-state index in [0.29, 0.717) is 0 Å². The Morgan fingerprint density at radius 3 is 2.61 bits per heavy atom. The predicted octanol–water partition coefficient (Wildman–Crippen LogP) is 2.19. The van der Waals surface area contributed by atoms with Crippen molar-refractivity contribution in [3.63, 3.8) is 0 Å². The van der Waals surface area contributed by atoms with Gasteiger partial charge in [0, 0.05) is 0 Å². The smallest absolute Gasteiger partial charge is 0.344 e. The van der Waals surface area contributed by atoms with E-state index in [9.17, 15) is 14.7 Å². The Balaban J connectivity index is 2.83. The number of benzene rings is 1. The Morgan fingerprint density at radius 2 is 2.06 bits per heavy atom. The van der Waals surface area contributed by atoms with Crippen LogP contribution >= 0.6 is 11.6 Å². The molecule has 98 valence electrons. The summed E-state index contributed by atoms with van der Waals surface area (Å²) in [6.07, 6.45) is 0. The Morgan fingerprint density at radius 1 is 1.39 bits per heavy atom. The van der Waals surface area contributed by atoms with Crippen molar-refractivity contribution in [1.29, 1.82) is 0 Å². The number of ketones is 1. The molecule has 0 unspecified atom stereocenters.